The van der Waals surface area contributed by atoms with Gasteiger partial charge in [-0.2, -0.15) is 0 Å². The van der Waals surface area contributed by atoms with Crippen molar-refractivity contribution in [3.05, 3.63) is 17.7 Å². The number of benzene rings is 1. The summed E-state index contributed by atoms with van der Waals surface area (Å²) in [5.74, 6) is 1.36. The number of hydrogen-bond donors (Lipinski definition) is 1. The fourth-order valence-electron chi connectivity index (χ4n) is 2.58. The minimum atomic E-state index is -0.0654. The summed E-state index contributed by atoms with van der Waals surface area (Å²) in [5, 5.41) is 0. The molecule has 2 N–H and O–H groups in total. The van der Waals surface area contributed by atoms with E-state index in [2.05, 4.69) is 0 Å². The molecule has 2 rings (SSSR count). The number of carbonyl (C=O) groups is 1. The normalized spacial score (nSPS) is 17.5. The molecule has 6 nitrogen and oxygen atoms in total. The van der Waals surface area contributed by atoms with E-state index in [1.165, 1.54) is 21.3 Å². The van der Waals surface area contributed by atoms with E-state index in [-0.39, 0.29) is 24.4 Å². The van der Waals surface area contributed by atoms with E-state index in [0.29, 0.717) is 29.4 Å². The number of methoxy groups -OCH3 is 3. The molecule has 1 atom stereocenters. The topological polar surface area (TPSA) is 74.0 Å². The zero-order valence-corrected chi connectivity index (χ0v) is 13.9. The van der Waals surface area contributed by atoms with Gasteiger partial charge < -0.3 is 24.8 Å². The van der Waals surface area contributed by atoms with Crippen LogP contribution in [0.15, 0.2) is 12.1 Å². The van der Waals surface area contributed by atoms with Gasteiger partial charge in [-0.25, -0.2) is 0 Å². The molecule has 1 aliphatic heterocycles. The Balaban J connectivity index is 0.00000242. The van der Waals surface area contributed by atoms with Crippen molar-refractivity contribution in [1.82, 2.24) is 4.90 Å². The summed E-state index contributed by atoms with van der Waals surface area (Å²) < 4.78 is 15.8. The van der Waals surface area contributed by atoms with E-state index in [1.54, 1.807) is 17.0 Å². The van der Waals surface area contributed by atoms with E-state index in [1.807, 2.05) is 0 Å². The average molecular weight is 331 g/mol. The monoisotopic (exact) mass is 330 g/mol. The van der Waals surface area contributed by atoms with E-state index in [0.717, 1.165) is 19.4 Å². The summed E-state index contributed by atoms with van der Waals surface area (Å²) in [6.45, 7) is 1.30. The first-order chi connectivity index (χ1) is 10.1. The van der Waals surface area contributed by atoms with Crippen LogP contribution in [0.2, 0.25) is 0 Å². The number of carbonyl (C=O) groups excluding carboxylic acids is 1. The second-order valence-electron chi connectivity index (χ2n) is 5.07. The van der Waals surface area contributed by atoms with Gasteiger partial charge in [0, 0.05) is 24.7 Å². The average Bonchev–Trinajstić information content (AvgIpc) is 2.52. The van der Waals surface area contributed by atoms with Crippen LogP contribution < -0.4 is 19.9 Å². The van der Waals surface area contributed by atoms with Gasteiger partial charge in [0.15, 0.2) is 11.5 Å². The molecule has 0 spiro atoms. The summed E-state index contributed by atoms with van der Waals surface area (Å²) in [5.41, 5.74) is 6.45. The van der Waals surface area contributed by atoms with Crippen molar-refractivity contribution in [3.8, 4) is 17.2 Å². The van der Waals surface area contributed by atoms with Crippen LogP contribution in [0.1, 0.15) is 23.2 Å². The maximum absolute atomic E-state index is 12.6. The van der Waals surface area contributed by atoms with Gasteiger partial charge in [0.25, 0.3) is 5.91 Å². The third-order valence-corrected chi connectivity index (χ3v) is 3.66. The molecule has 1 aromatic carbocycles. The molecule has 1 amide bonds. The second kappa shape index (κ2) is 8.10. The maximum atomic E-state index is 12.6. The summed E-state index contributed by atoms with van der Waals surface area (Å²) in [4.78, 5) is 14.4. The number of rotatable bonds is 4. The molecule has 7 heteroatoms. The molecule has 1 aromatic rings. The fourth-order valence-corrected chi connectivity index (χ4v) is 2.58. The predicted octanol–water partition coefficient (Wildman–Crippen LogP) is 1.70. The van der Waals surface area contributed by atoms with Crippen LogP contribution in [-0.2, 0) is 0 Å². The number of nitrogens with zero attached hydrogens (tertiary/aromatic N) is 1. The molecular formula is C15H23ClN2O4. The Morgan fingerprint density at radius 1 is 1.18 bits per heavy atom. The molecule has 0 bridgehead atoms. The Hall–Kier alpha value is -1.66. The Kier molecular flexibility index (Phi) is 6.77. The predicted molar refractivity (Wildman–Crippen MR) is 86.5 cm³/mol. The van der Waals surface area contributed by atoms with Gasteiger partial charge in [-0.05, 0) is 25.0 Å². The van der Waals surface area contributed by atoms with Gasteiger partial charge in [0.2, 0.25) is 5.75 Å². The SMILES string of the molecule is COc1cc(C(=O)N2CCCC(N)C2)cc(OC)c1OC.Cl. The summed E-state index contributed by atoms with van der Waals surface area (Å²) in [6.07, 6.45) is 1.89. The van der Waals surface area contributed by atoms with Crippen LogP contribution in [0.4, 0.5) is 0 Å². The lowest BCUT2D eigenvalue weighted by Crippen LogP contribution is -2.45. The smallest absolute Gasteiger partial charge is 0.254 e. The lowest BCUT2D eigenvalue weighted by Gasteiger charge is -2.31. The minimum absolute atomic E-state index is 0. The molecule has 0 radical (unpaired) electrons. The lowest BCUT2D eigenvalue weighted by atomic mass is 10.0. The molecule has 22 heavy (non-hydrogen) atoms. The quantitative estimate of drug-likeness (QED) is 0.909. The van der Waals surface area contributed by atoms with Crippen molar-refractivity contribution in [2.45, 2.75) is 18.9 Å². The van der Waals surface area contributed by atoms with Crippen LogP contribution in [0, 0.1) is 0 Å². The highest BCUT2D eigenvalue weighted by Crippen LogP contribution is 2.38. The Bertz CT molecular complexity index is 499. The molecule has 1 unspecified atom stereocenters. The van der Waals surface area contributed by atoms with Gasteiger partial charge in [0.1, 0.15) is 0 Å². The molecule has 1 saturated heterocycles. The number of hydrogen-bond acceptors (Lipinski definition) is 5. The van der Waals surface area contributed by atoms with Crippen LogP contribution in [-0.4, -0.2) is 51.3 Å². The van der Waals surface area contributed by atoms with Gasteiger partial charge in [-0.15, -0.1) is 12.4 Å². The Labute approximate surface area is 136 Å². The highest BCUT2D eigenvalue weighted by molar-refractivity contribution is 5.95. The third kappa shape index (κ3) is 3.75. The van der Waals surface area contributed by atoms with Gasteiger partial charge in [0.05, 0.1) is 21.3 Å². The standard InChI is InChI=1S/C15H22N2O4.ClH/c1-19-12-7-10(8-13(20-2)14(12)21-3)15(18)17-6-4-5-11(16)9-17;/h7-8,11H,4-6,9,16H2,1-3H3;1H. The highest BCUT2D eigenvalue weighted by Gasteiger charge is 2.24. The lowest BCUT2D eigenvalue weighted by molar-refractivity contribution is 0.0708. The van der Waals surface area contributed by atoms with Crippen LogP contribution in [0.3, 0.4) is 0 Å². The van der Waals surface area contributed by atoms with Crippen LogP contribution in [0.5, 0.6) is 17.2 Å². The van der Waals surface area contributed by atoms with Gasteiger partial charge in [-0.1, -0.05) is 0 Å². The molecule has 0 aliphatic carbocycles. The molecule has 1 heterocycles. The van der Waals surface area contributed by atoms with E-state index >= 15 is 0 Å². The Morgan fingerprint density at radius 3 is 2.23 bits per heavy atom. The molecular weight excluding hydrogens is 308 g/mol. The van der Waals surface area contributed by atoms with E-state index < -0.39 is 0 Å². The van der Waals surface area contributed by atoms with Crippen molar-refractivity contribution in [2.75, 3.05) is 34.4 Å². The molecule has 1 aliphatic rings. The van der Waals surface area contributed by atoms with Crippen molar-refractivity contribution in [3.63, 3.8) is 0 Å². The summed E-state index contributed by atoms with van der Waals surface area (Å²) in [7, 11) is 4.59. The fraction of sp³-hybridized carbons (Fsp3) is 0.533. The van der Waals surface area contributed by atoms with Crippen LogP contribution >= 0.6 is 12.4 Å². The molecule has 0 saturated carbocycles. The largest absolute Gasteiger partial charge is 0.493 e. The summed E-state index contributed by atoms with van der Waals surface area (Å²) >= 11 is 0. The first-order valence-electron chi connectivity index (χ1n) is 6.95. The third-order valence-electron chi connectivity index (χ3n) is 3.66. The Morgan fingerprint density at radius 2 is 1.77 bits per heavy atom. The molecule has 1 fully saturated rings. The molecule has 0 aromatic heterocycles. The number of halogens is 1. The second-order valence-corrected chi connectivity index (χ2v) is 5.07. The first kappa shape index (κ1) is 18.4. The number of amides is 1. The zero-order chi connectivity index (χ0) is 15.4. The minimum Gasteiger partial charge on any atom is -0.493 e. The van der Waals surface area contributed by atoms with Crippen molar-refractivity contribution in [2.24, 2.45) is 5.73 Å². The highest BCUT2D eigenvalue weighted by atomic mass is 35.5. The van der Waals surface area contributed by atoms with Crippen molar-refractivity contribution < 1.29 is 19.0 Å². The zero-order valence-electron chi connectivity index (χ0n) is 13.1. The number of piperidine rings is 1. The molecule has 124 valence electrons. The maximum Gasteiger partial charge on any atom is 0.254 e. The number of nitrogens with two attached hydrogens (primary N) is 1. The van der Waals surface area contributed by atoms with Gasteiger partial charge in [-0.3, -0.25) is 4.79 Å². The van der Waals surface area contributed by atoms with Crippen molar-refractivity contribution >= 4 is 18.3 Å². The van der Waals surface area contributed by atoms with Crippen molar-refractivity contribution in [1.29, 1.82) is 0 Å². The summed E-state index contributed by atoms with van der Waals surface area (Å²) in [6, 6.07) is 3.39. The van der Waals surface area contributed by atoms with E-state index in [9.17, 15) is 4.79 Å². The first-order valence-corrected chi connectivity index (χ1v) is 6.95. The number of likely N-dealkylation sites (tertiary alicyclic amines) is 1. The van der Waals surface area contributed by atoms with Crippen LogP contribution in [0.25, 0.3) is 0 Å². The van der Waals surface area contributed by atoms with Gasteiger partial charge >= 0.3 is 0 Å². The number of ether oxygens (including phenoxy) is 3. The van der Waals surface area contributed by atoms with E-state index in [4.69, 9.17) is 19.9 Å².